The lowest BCUT2D eigenvalue weighted by molar-refractivity contribution is -0.163. The molecule has 0 aromatic heterocycles. The molecular formula is C27H29NO4. The van der Waals surface area contributed by atoms with E-state index in [2.05, 4.69) is 0 Å². The molecule has 0 unspecified atom stereocenters. The molecule has 0 saturated heterocycles. The van der Waals surface area contributed by atoms with Gasteiger partial charge in [0.1, 0.15) is 5.60 Å². The van der Waals surface area contributed by atoms with Crippen molar-refractivity contribution in [3.05, 3.63) is 83.9 Å². The summed E-state index contributed by atoms with van der Waals surface area (Å²) < 4.78 is 5.12. The maximum absolute atomic E-state index is 13.0. The molecule has 5 heteroatoms. The lowest BCUT2D eigenvalue weighted by Gasteiger charge is -2.23. The second-order valence-corrected chi connectivity index (χ2v) is 8.83. The van der Waals surface area contributed by atoms with Gasteiger partial charge in [0, 0.05) is 13.1 Å². The van der Waals surface area contributed by atoms with E-state index in [1.54, 1.807) is 25.7 Å². The van der Waals surface area contributed by atoms with Crippen LogP contribution in [0.2, 0.25) is 0 Å². The van der Waals surface area contributed by atoms with Crippen molar-refractivity contribution in [2.24, 2.45) is 0 Å². The Morgan fingerprint density at radius 1 is 0.812 bits per heavy atom. The van der Waals surface area contributed by atoms with Crippen LogP contribution in [0.4, 0.5) is 0 Å². The minimum absolute atomic E-state index is 0.359. The summed E-state index contributed by atoms with van der Waals surface area (Å²) in [6, 6.07) is 24.0. The van der Waals surface area contributed by atoms with Crippen LogP contribution >= 0.6 is 0 Å². The molecule has 0 spiro atoms. The van der Waals surface area contributed by atoms with Crippen molar-refractivity contribution in [2.45, 2.75) is 45.8 Å². The minimum atomic E-state index is -0.973. The number of hydrogen-bond donors (Lipinski definition) is 0. The molecule has 1 amide bonds. The molecule has 32 heavy (non-hydrogen) atoms. The highest BCUT2D eigenvalue weighted by atomic mass is 16.6. The highest BCUT2D eigenvalue weighted by Gasteiger charge is 2.27. The molecule has 0 aliphatic carbocycles. The summed E-state index contributed by atoms with van der Waals surface area (Å²) in [4.78, 5) is 39.0. The second kappa shape index (κ2) is 10.2. The lowest BCUT2D eigenvalue weighted by atomic mass is 10.1. The number of rotatable bonds is 8. The third kappa shape index (κ3) is 6.77. The van der Waals surface area contributed by atoms with Gasteiger partial charge in [-0.1, -0.05) is 66.7 Å². The average molecular weight is 432 g/mol. The van der Waals surface area contributed by atoms with E-state index < -0.39 is 23.8 Å². The van der Waals surface area contributed by atoms with Gasteiger partial charge in [0.25, 0.3) is 0 Å². The van der Waals surface area contributed by atoms with Crippen molar-refractivity contribution in [1.29, 1.82) is 0 Å². The fraction of sp³-hybridized carbons (Fsp3) is 0.296. The molecule has 0 radical (unpaired) electrons. The first-order valence-electron chi connectivity index (χ1n) is 10.8. The Bertz CT molecular complexity index is 1100. The van der Waals surface area contributed by atoms with E-state index in [0.29, 0.717) is 19.5 Å². The quantitative estimate of drug-likeness (QED) is 0.294. The number of Topliss-reactive ketones (excluding diaryl/α,β-unsaturated/α-hetero) is 1. The summed E-state index contributed by atoms with van der Waals surface area (Å²) in [5.74, 6) is -2.18. The van der Waals surface area contributed by atoms with Crippen molar-refractivity contribution in [1.82, 2.24) is 4.90 Å². The normalized spacial score (nSPS) is 11.2. The van der Waals surface area contributed by atoms with Gasteiger partial charge in [-0.15, -0.1) is 0 Å². The Labute approximate surface area is 189 Å². The summed E-state index contributed by atoms with van der Waals surface area (Å²) in [5.41, 5.74) is 1.28. The van der Waals surface area contributed by atoms with Crippen LogP contribution in [0.5, 0.6) is 0 Å². The summed E-state index contributed by atoms with van der Waals surface area (Å²) in [5, 5.41) is 2.21. The molecule has 0 saturated carbocycles. The number of carbonyl (C=O) groups excluding carboxylic acids is 3. The molecule has 0 aliphatic heterocycles. The SMILES string of the molecule is CC(C)(C)OC(=O)C(=O)CC(=O)N(CCc1ccccc1)Cc1ccc2ccccc2c1. The van der Waals surface area contributed by atoms with Gasteiger partial charge in [0.15, 0.2) is 0 Å². The number of benzene rings is 3. The third-order valence-corrected chi connectivity index (χ3v) is 4.99. The summed E-state index contributed by atoms with van der Waals surface area (Å²) in [6.45, 7) is 5.86. The lowest BCUT2D eigenvalue weighted by Crippen LogP contribution is -2.36. The van der Waals surface area contributed by atoms with Crippen LogP contribution in [0.25, 0.3) is 10.8 Å². The zero-order chi connectivity index (χ0) is 23.1. The summed E-state index contributed by atoms with van der Waals surface area (Å²) in [7, 11) is 0. The molecule has 0 heterocycles. The van der Waals surface area contributed by atoms with Gasteiger partial charge in [-0.25, -0.2) is 4.79 Å². The maximum Gasteiger partial charge on any atom is 0.375 e. The van der Waals surface area contributed by atoms with Gasteiger partial charge in [0.05, 0.1) is 6.42 Å². The Hall–Kier alpha value is -3.47. The largest absolute Gasteiger partial charge is 0.454 e. The first kappa shape index (κ1) is 23.2. The third-order valence-electron chi connectivity index (χ3n) is 4.99. The predicted octanol–water partition coefficient (Wildman–Crippen LogP) is 4.71. The fourth-order valence-electron chi connectivity index (χ4n) is 3.41. The first-order chi connectivity index (χ1) is 15.2. The van der Waals surface area contributed by atoms with Gasteiger partial charge < -0.3 is 9.64 Å². The molecule has 0 fully saturated rings. The van der Waals surface area contributed by atoms with Crippen molar-refractivity contribution in [2.75, 3.05) is 6.54 Å². The second-order valence-electron chi connectivity index (χ2n) is 8.83. The fourth-order valence-corrected chi connectivity index (χ4v) is 3.41. The van der Waals surface area contributed by atoms with E-state index in [4.69, 9.17) is 4.74 Å². The number of ether oxygens (including phenoxy) is 1. The van der Waals surface area contributed by atoms with E-state index in [1.807, 2.05) is 72.8 Å². The Kier molecular flexibility index (Phi) is 7.41. The number of esters is 1. The maximum atomic E-state index is 13.0. The van der Waals surface area contributed by atoms with Crippen molar-refractivity contribution in [3.63, 3.8) is 0 Å². The molecule has 0 atom stereocenters. The standard InChI is InChI=1S/C27H29NO4/c1-27(2,3)32-26(31)24(29)18-25(30)28(16-15-20-9-5-4-6-10-20)19-21-13-14-22-11-7-8-12-23(22)17-21/h4-14,17H,15-16,18-19H2,1-3H3. The van der Waals surface area contributed by atoms with Crippen molar-refractivity contribution >= 4 is 28.4 Å². The monoisotopic (exact) mass is 431 g/mol. The number of hydrogen-bond acceptors (Lipinski definition) is 4. The van der Waals surface area contributed by atoms with Crippen LogP contribution in [0.1, 0.15) is 38.3 Å². The number of carbonyl (C=O) groups is 3. The zero-order valence-corrected chi connectivity index (χ0v) is 18.8. The van der Waals surface area contributed by atoms with E-state index in [1.165, 1.54) is 0 Å². The van der Waals surface area contributed by atoms with E-state index in [9.17, 15) is 14.4 Å². The van der Waals surface area contributed by atoms with Crippen LogP contribution in [0.15, 0.2) is 72.8 Å². The van der Waals surface area contributed by atoms with Gasteiger partial charge in [0.2, 0.25) is 11.7 Å². The first-order valence-corrected chi connectivity index (χ1v) is 10.8. The van der Waals surface area contributed by atoms with Crippen molar-refractivity contribution < 1.29 is 19.1 Å². The van der Waals surface area contributed by atoms with Crippen LogP contribution in [-0.2, 0) is 32.1 Å². The number of amides is 1. The Balaban J connectivity index is 1.75. The Morgan fingerprint density at radius 2 is 1.47 bits per heavy atom. The highest BCUT2D eigenvalue weighted by Crippen LogP contribution is 2.18. The topological polar surface area (TPSA) is 63.7 Å². The van der Waals surface area contributed by atoms with Crippen LogP contribution < -0.4 is 0 Å². The molecule has 3 rings (SSSR count). The zero-order valence-electron chi connectivity index (χ0n) is 18.8. The van der Waals surface area contributed by atoms with Crippen LogP contribution in [0, 0.1) is 0 Å². The minimum Gasteiger partial charge on any atom is -0.454 e. The van der Waals surface area contributed by atoms with Crippen LogP contribution in [0.3, 0.4) is 0 Å². The number of ketones is 1. The average Bonchev–Trinajstić information content (AvgIpc) is 2.76. The smallest absolute Gasteiger partial charge is 0.375 e. The molecular weight excluding hydrogens is 402 g/mol. The van der Waals surface area contributed by atoms with Crippen molar-refractivity contribution in [3.8, 4) is 0 Å². The molecule has 0 aliphatic rings. The number of fused-ring (bicyclic) bond motifs is 1. The van der Waals surface area contributed by atoms with Gasteiger partial charge >= 0.3 is 5.97 Å². The van der Waals surface area contributed by atoms with Gasteiger partial charge in [-0.2, -0.15) is 0 Å². The van der Waals surface area contributed by atoms with E-state index >= 15 is 0 Å². The Morgan fingerprint density at radius 3 is 2.16 bits per heavy atom. The predicted molar refractivity (Wildman–Crippen MR) is 125 cm³/mol. The molecule has 166 valence electrons. The van der Waals surface area contributed by atoms with E-state index in [0.717, 1.165) is 21.9 Å². The summed E-state index contributed by atoms with van der Waals surface area (Å²) in [6.07, 6.45) is 0.151. The molecule has 3 aromatic carbocycles. The molecule has 3 aromatic rings. The molecule has 0 N–H and O–H groups in total. The number of nitrogens with zero attached hydrogens (tertiary/aromatic N) is 1. The van der Waals surface area contributed by atoms with Gasteiger partial charge in [-0.05, 0) is 55.2 Å². The summed E-state index contributed by atoms with van der Waals surface area (Å²) >= 11 is 0. The van der Waals surface area contributed by atoms with Gasteiger partial charge in [-0.3, -0.25) is 9.59 Å². The van der Waals surface area contributed by atoms with Crippen LogP contribution in [-0.4, -0.2) is 34.7 Å². The van der Waals surface area contributed by atoms with E-state index in [-0.39, 0.29) is 5.91 Å². The highest BCUT2D eigenvalue weighted by molar-refractivity contribution is 6.37. The molecule has 0 bridgehead atoms. The molecule has 5 nitrogen and oxygen atoms in total.